The molecule has 7 nitrogen and oxygen atoms in total. The number of carbonyl (C=O) groups excluding carboxylic acids is 2. The zero-order chi connectivity index (χ0) is 26.9. The number of aryl methyl sites for hydroxylation is 3. The second-order valence-corrected chi connectivity index (χ2v) is 9.21. The Balaban J connectivity index is 1.79. The van der Waals surface area contributed by atoms with E-state index < -0.39 is 5.91 Å². The molecule has 0 spiro atoms. The summed E-state index contributed by atoms with van der Waals surface area (Å²) >= 11 is 3.47. The number of para-hydroxylation sites is 1. The topological polar surface area (TPSA) is 100 Å². The molecule has 37 heavy (non-hydrogen) atoms. The zero-order valence-electron chi connectivity index (χ0n) is 21.1. The first kappa shape index (κ1) is 27.5. The highest BCUT2D eigenvalue weighted by Gasteiger charge is 2.16. The van der Waals surface area contributed by atoms with E-state index in [0.29, 0.717) is 33.8 Å². The summed E-state index contributed by atoms with van der Waals surface area (Å²) in [5, 5.41) is 15.2. The van der Waals surface area contributed by atoms with Crippen LogP contribution in [0.1, 0.15) is 29.2 Å². The number of nitriles is 1. The number of nitrogens with zero attached hydrogens (tertiary/aromatic N) is 1. The maximum Gasteiger partial charge on any atom is 0.266 e. The summed E-state index contributed by atoms with van der Waals surface area (Å²) in [5.41, 5.74) is 4.72. The zero-order valence-corrected chi connectivity index (χ0v) is 22.7. The Kier molecular flexibility index (Phi) is 9.47. The van der Waals surface area contributed by atoms with Crippen molar-refractivity contribution in [1.82, 2.24) is 0 Å². The summed E-state index contributed by atoms with van der Waals surface area (Å²) in [6.07, 6.45) is 1.47. The lowest BCUT2D eigenvalue weighted by atomic mass is 10.1. The lowest BCUT2D eigenvalue weighted by Gasteiger charge is -2.15. The molecule has 3 aromatic carbocycles. The molecule has 190 valence electrons. The minimum atomic E-state index is -0.519. The number of benzene rings is 3. The van der Waals surface area contributed by atoms with Crippen molar-refractivity contribution in [3.63, 3.8) is 0 Å². The van der Waals surface area contributed by atoms with Gasteiger partial charge in [-0.25, -0.2) is 0 Å². The number of ether oxygens (including phenoxy) is 2. The predicted molar refractivity (Wildman–Crippen MR) is 149 cm³/mol. The van der Waals surface area contributed by atoms with Crippen molar-refractivity contribution >= 4 is 45.2 Å². The fraction of sp³-hybridized carbons (Fsp3) is 0.207. The minimum absolute atomic E-state index is 0.0702. The molecule has 0 saturated heterocycles. The van der Waals surface area contributed by atoms with Crippen molar-refractivity contribution in [2.45, 2.75) is 27.7 Å². The number of rotatable bonds is 9. The number of hydrogen-bond donors (Lipinski definition) is 2. The van der Waals surface area contributed by atoms with Crippen LogP contribution >= 0.6 is 15.9 Å². The van der Waals surface area contributed by atoms with Gasteiger partial charge in [-0.3, -0.25) is 9.59 Å². The molecular formula is C29H28BrN3O4. The molecule has 0 aliphatic heterocycles. The van der Waals surface area contributed by atoms with Crippen LogP contribution in [0.2, 0.25) is 0 Å². The molecular weight excluding hydrogens is 534 g/mol. The van der Waals surface area contributed by atoms with Crippen molar-refractivity contribution in [3.05, 3.63) is 86.9 Å². The van der Waals surface area contributed by atoms with Crippen LogP contribution < -0.4 is 20.1 Å². The molecule has 0 unspecified atom stereocenters. The fourth-order valence-electron chi connectivity index (χ4n) is 3.49. The largest absolute Gasteiger partial charge is 0.490 e. The van der Waals surface area contributed by atoms with E-state index in [-0.39, 0.29) is 18.1 Å². The third kappa shape index (κ3) is 7.45. The minimum Gasteiger partial charge on any atom is -0.490 e. The maximum absolute atomic E-state index is 12.7. The molecule has 0 aliphatic carbocycles. The lowest BCUT2D eigenvalue weighted by Crippen LogP contribution is -2.21. The highest BCUT2D eigenvalue weighted by molar-refractivity contribution is 9.10. The third-order valence-corrected chi connectivity index (χ3v) is 6.00. The van der Waals surface area contributed by atoms with Gasteiger partial charge in [0.05, 0.1) is 11.1 Å². The van der Waals surface area contributed by atoms with Gasteiger partial charge in [0.1, 0.15) is 11.6 Å². The van der Waals surface area contributed by atoms with Gasteiger partial charge in [0.25, 0.3) is 11.8 Å². The Morgan fingerprint density at radius 3 is 2.41 bits per heavy atom. The van der Waals surface area contributed by atoms with Gasteiger partial charge in [0.15, 0.2) is 18.1 Å². The van der Waals surface area contributed by atoms with Gasteiger partial charge < -0.3 is 20.1 Å². The van der Waals surface area contributed by atoms with Crippen molar-refractivity contribution in [3.8, 4) is 17.6 Å². The first-order valence-corrected chi connectivity index (χ1v) is 12.5. The SMILES string of the molecule is CCOc1cc(/C=C(/C#N)C(=O)Nc2ccccc2C)cc(Br)c1OCC(=O)Nc1cc(C)ccc1C. The standard InChI is InChI=1S/C29H28BrN3O4/c1-5-36-26-15-21(13-22(16-31)29(35)33-24-9-7-6-8-19(24)3)14-23(30)28(26)37-17-27(34)32-25-12-18(2)10-11-20(25)4/h6-15H,5,17H2,1-4H3,(H,32,34)(H,33,35)/b22-13-. The van der Waals surface area contributed by atoms with E-state index in [0.717, 1.165) is 22.4 Å². The second kappa shape index (κ2) is 12.7. The van der Waals surface area contributed by atoms with Crippen molar-refractivity contribution < 1.29 is 19.1 Å². The highest BCUT2D eigenvalue weighted by atomic mass is 79.9. The van der Waals surface area contributed by atoms with Gasteiger partial charge in [-0.1, -0.05) is 30.3 Å². The van der Waals surface area contributed by atoms with Gasteiger partial charge in [0.2, 0.25) is 0 Å². The molecule has 0 radical (unpaired) electrons. The molecule has 0 aromatic heterocycles. The fourth-order valence-corrected chi connectivity index (χ4v) is 4.06. The van der Waals surface area contributed by atoms with Gasteiger partial charge in [-0.2, -0.15) is 5.26 Å². The van der Waals surface area contributed by atoms with E-state index in [1.165, 1.54) is 6.08 Å². The Labute approximate surface area is 225 Å². The van der Waals surface area contributed by atoms with Crippen LogP contribution in [0.5, 0.6) is 11.5 Å². The molecule has 0 bridgehead atoms. The first-order chi connectivity index (χ1) is 17.7. The van der Waals surface area contributed by atoms with Crippen molar-refractivity contribution in [1.29, 1.82) is 5.26 Å². The predicted octanol–water partition coefficient (Wildman–Crippen LogP) is 6.34. The molecule has 0 saturated carbocycles. The molecule has 3 rings (SSSR count). The normalized spacial score (nSPS) is 10.9. The Bertz CT molecular complexity index is 1390. The Hall–Kier alpha value is -4.09. The molecule has 2 amide bonds. The monoisotopic (exact) mass is 561 g/mol. The highest BCUT2D eigenvalue weighted by Crippen LogP contribution is 2.37. The van der Waals surface area contributed by atoms with Gasteiger partial charge in [-0.15, -0.1) is 0 Å². The van der Waals surface area contributed by atoms with E-state index in [1.807, 2.05) is 70.2 Å². The lowest BCUT2D eigenvalue weighted by molar-refractivity contribution is -0.118. The first-order valence-electron chi connectivity index (χ1n) is 11.7. The molecule has 8 heteroatoms. The average Bonchev–Trinajstić information content (AvgIpc) is 2.85. The van der Waals surface area contributed by atoms with E-state index in [1.54, 1.807) is 18.2 Å². The van der Waals surface area contributed by atoms with Gasteiger partial charge in [0, 0.05) is 11.4 Å². The van der Waals surface area contributed by atoms with E-state index in [9.17, 15) is 14.9 Å². The molecule has 0 heterocycles. The van der Waals surface area contributed by atoms with Crippen LogP contribution in [0.3, 0.4) is 0 Å². The van der Waals surface area contributed by atoms with E-state index >= 15 is 0 Å². The summed E-state index contributed by atoms with van der Waals surface area (Å²) in [5.74, 6) is -0.113. The smallest absolute Gasteiger partial charge is 0.266 e. The van der Waals surface area contributed by atoms with Gasteiger partial charge in [-0.05, 0) is 96.2 Å². The molecule has 0 aliphatic rings. The van der Waals surface area contributed by atoms with Gasteiger partial charge >= 0.3 is 0 Å². The summed E-state index contributed by atoms with van der Waals surface area (Å²) < 4.78 is 12.0. The number of nitrogens with one attached hydrogen (secondary N) is 2. The summed E-state index contributed by atoms with van der Waals surface area (Å²) in [6.45, 7) is 7.69. The summed E-state index contributed by atoms with van der Waals surface area (Å²) in [7, 11) is 0. The average molecular weight is 562 g/mol. The van der Waals surface area contributed by atoms with Crippen LogP contribution in [0.25, 0.3) is 6.08 Å². The number of halogens is 1. The number of carbonyl (C=O) groups is 2. The van der Waals surface area contributed by atoms with Crippen LogP contribution in [0, 0.1) is 32.1 Å². The molecule has 0 atom stereocenters. The van der Waals surface area contributed by atoms with Crippen LogP contribution in [0.4, 0.5) is 11.4 Å². The summed E-state index contributed by atoms with van der Waals surface area (Å²) in [6, 6.07) is 18.5. The Morgan fingerprint density at radius 2 is 1.70 bits per heavy atom. The number of amides is 2. The Morgan fingerprint density at radius 1 is 0.973 bits per heavy atom. The molecule has 2 N–H and O–H groups in total. The number of anilines is 2. The maximum atomic E-state index is 12.7. The molecule has 3 aromatic rings. The second-order valence-electron chi connectivity index (χ2n) is 8.36. The number of hydrogen-bond acceptors (Lipinski definition) is 5. The van der Waals surface area contributed by atoms with Crippen LogP contribution in [-0.2, 0) is 9.59 Å². The van der Waals surface area contributed by atoms with Crippen molar-refractivity contribution in [2.75, 3.05) is 23.8 Å². The quantitative estimate of drug-likeness (QED) is 0.234. The van der Waals surface area contributed by atoms with Crippen LogP contribution in [-0.4, -0.2) is 25.0 Å². The van der Waals surface area contributed by atoms with Crippen molar-refractivity contribution in [2.24, 2.45) is 0 Å². The van der Waals surface area contributed by atoms with E-state index in [4.69, 9.17) is 9.47 Å². The van der Waals surface area contributed by atoms with Crippen LogP contribution in [0.15, 0.2) is 64.6 Å². The third-order valence-electron chi connectivity index (χ3n) is 5.42. The molecule has 0 fully saturated rings. The van der Waals surface area contributed by atoms with E-state index in [2.05, 4.69) is 26.6 Å². The summed E-state index contributed by atoms with van der Waals surface area (Å²) in [4.78, 5) is 25.3.